The Balaban J connectivity index is 1.68. The van der Waals surface area contributed by atoms with E-state index in [1.165, 1.54) is 5.56 Å². The molecule has 0 saturated carbocycles. The van der Waals surface area contributed by atoms with Crippen molar-refractivity contribution < 1.29 is 9.53 Å². The maximum absolute atomic E-state index is 13.2. The Morgan fingerprint density at radius 2 is 2.23 bits per heavy atom. The lowest BCUT2D eigenvalue weighted by Crippen LogP contribution is -2.48. The van der Waals surface area contributed by atoms with Gasteiger partial charge in [0.1, 0.15) is 0 Å². The van der Waals surface area contributed by atoms with Crippen molar-refractivity contribution in [3.63, 3.8) is 0 Å². The highest BCUT2D eigenvalue weighted by Gasteiger charge is 2.27. The third-order valence-electron chi connectivity index (χ3n) is 4.48. The summed E-state index contributed by atoms with van der Waals surface area (Å²) in [5, 5.41) is 0.708. The van der Waals surface area contributed by atoms with Gasteiger partial charge in [0.15, 0.2) is 5.13 Å². The number of fused-ring (bicyclic) bond motifs is 1. The number of carbonyl (C=O) groups excluding carboxylic acids is 1. The average Bonchev–Trinajstić information content (AvgIpc) is 3.34. The van der Waals surface area contributed by atoms with Crippen molar-refractivity contribution in [1.82, 2.24) is 19.9 Å². The molecule has 0 bridgehead atoms. The molecule has 0 atom stereocenters. The number of aryl methyl sites for hydroxylation is 1. The fraction of sp³-hybridized carbons (Fsp3) is 0.389. The summed E-state index contributed by atoms with van der Waals surface area (Å²) in [5.74, 6) is 0. The van der Waals surface area contributed by atoms with Crippen LogP contribution < -0.4 is 4.90 Å². The lowest BCUT2D eigenvalue weighted by Gasteiger charge is -2.31. The molecule has 1 aliphatic rings. The molecule has 136 valence electrons. The summed E-state index contributed by atoms with van der Waals surface area (Å²) in [6.45, 7) is 4.89. The second-order valence-electron chi connectivity index (χ2n) is 6.20. The fourth-order valence-electron chi connectivity index (χ4n) is 2.98. The number of hydrogen-bond donors (Lipinski definition) is 1. The molecule has 1 aromatic carbocycles. The van der Waals surface area contributed by atoms with E-state index in [0.29, 0.717) is 38.0 Å². The highest BCUT2D eigenvalue weighted by Crippen LogP contribution is 2.31. The number of carbonyl (C=O) groups is 1. The highest BCUT2D eigenvalue weighted by atomic mass is 32.1. The molecule has 7 nitrogen and oxygen atoms in total. The van der Waals surface area contributed by atoms with Gasteiger partial charge >= 0.3 is 6.03 Å². The van der Waals surface area contributed by atoms with Gasteiger partial charge in [0.2, 0.25) is 0 Å². The number of benzene rings is 1. The normalized spacial score (nSPS) is 14.7. The highest BCUT2D eigenvalue weighted by molar-refractivity contribution is 7.22. The van der Waals surface area contributed by atoms with Crippen LogP contribution in [0, 0.1) is 0 Å². The van der Waals surface area contributed by atoms with Gasteiger partial charge in [0.05, 0.1) is 42.0 Å². The number of aromatic amines is 1. The van der Waals surface area contributed by atoms with E-state index in [-0.39, 0.29) is 6.03 Å². The Labute approximate surface area is 155 Å². The molecule has 1 fully saturated rings. The fourth-order valence-corrected chi connectivity index (χ4v) is 4.00. The Morgan fingerprint density at radius 3 is 2.96 bits per heavy atom. The predicted octanol–water partition coefficient (Wildman–Crippen LogP) is 3.04. The first-order chi connectivity index (χ1) is 12.7. The molecule has 2 amide bonds. The minimum Gasteiger partial charge on any atom is -0.378 e. The van der Waals surface area contributed by atoms with E-state index in [1.54, 1.807) is 28.8 Å². The molecule has 3 aromatic rings. The van der Waals surface area contributed by atoms with Crippen LogP contribution in [0.15, 0.2) is 30.7 Å². The van der Waals surface area contributed by atoms with Gasteiger partial charge in [0, 0.05) is 19.3 Å². The average molecular weight is 371 g/mol. The van der Waals surface area contributed by atoms with Crippen LogP contribution in [0.5, 0.6) is 0 Å². The molecule has 3 heterocycles. The number of ether oxygens (including phenoxy) is 1. The van der Waals surface area contributed by atoms with E-state index in [4.69, 9.17) is 9.72 Å². The van der Waals surface area contributed by atoms with Crippen LogP contribution in [0.4, 0.5) is 9.93 Å². The van der Waals surface area contributed by atoms with E-state index >= 15 is 0 Å². The summed E-state index contributed by atoms with van der Waals surface area (Å²) in [4.78, 5) is 28.6. The van der Waals surface area contributed by atoms with E-state index in [0.717, 1.165) is 22.3 Å². The van der Waals surface area contributed by atoms with Gasteiger partial charge in [-0.05, 0) is 24.1 Å². The van der Waals surface area contributed by atoms with Crippen LogP contribution in [-0.4, -0.2) is 52.2 Å². The molecule has 4 rings (SSSR count). The largest absolute Gasteiger partial charge is 0.378 e. The molecule has 1 saturated heterocycles. The lowest BCUT2D eigenvalue weighted by atomic mass is 10.2. The van der Waals surface area contributed by atoms with E-state index < -0.39 is 0 Å². The molecule has 0 unspecified atom stereocenters. The number of amides is 2. The van der Waals surface area contributed by atoms with Crippen molar-refractivity contribution >= 4 is 32.7 Å². The van der Waals surface area contributed by atoms with Gasteiger partial charge in [0.25, 0.3) is 0 Å². The Bertz CT molecular complexity index is 886. The summed E-state index contributed by atoms with van der Waals surface area (Å²) in [7, 11) is 0. The first-order valence-electron chi connectivity index (χ1n) is 8.75. The van der Waals surface area contributed by atoms with Gasteiger partial charge in [-0.25, -0.2) is 14.8 Å². The molecule has 0 aliphatic carbocycles. The van der Waals surface area contributed by atoms with E-state index in [2.05, 4.69) is 29.0 Å². The van der Waals surface area contributed by atoms with Crippen LogP contribution in [0.2, 0.25) is 0 Å². The molecule has 8 heteroatoms. The van der Waals surface area contributed by atoms with Gasteiger partial charge in [-0.1, -0.05) is 24.3 Å². The summed E-state index contributed by atoms with van der Waals surface area (Å²) in [6.07, 6.45) is 4.34. The first kappa shape index (κ1) is 17.0. The SMILES string of the molecule is CCc1ccc2nc(N(Cc3cnc[nH]3)C(=O)N3CCOCC3)sc2c1. The Hall–Kier alpha value is -2.45. The third-order valence-corrected chi connectivity index (χ3v) is 5.52. The third kappa shape index (κ3) is 3.42. The number of rotatable bonds is 4. The maximum Gasteiger partial charge on any atom is 0.326 e. The summed E-state index contributed by atoms with van der Waals surface area (Å²) >= 11 is 1.55. The van der Waals surface area contributed by atoms with Crippen LogP contribution >= 0.6 is 11.3 Å². The smallest absolute Gasteiger partial charge is 0.326 e. The number of aromatic nitrogens is 3. The van der Waals surface area contributed by atoms with Crippen molar-refractivity contribution in [1.29, 1.82) is 0 Å². The number of imidazole rings is 1. The van der Waals surface area contributed by atoms with E-state index in [9.17, 15) is 4.79 Å². The minimum absolute atomic E-state index is 0.0438. The number of urea groups is 1. The number of nitrogens with one attached hydrogen (secondary N) is 1. The van der Waals surface area contributed by atoms with Gasteiger partial charge in [-0.3, -0.25) is 4.90 Å². The predicted molar refractivity (Wildman–Crippen MR) is 102 cm³/mol. The van der Waals surface area contributed by atoms with Crippen molar-refractivity contribution in [3.8, 4) is 0 Å². The van der Waals surface area contributed by atoms with Crippen LogP contribution in [-0.2, 0) is 17.7 Å². The number of thiazole rings is 1. The first-order valence-corrected chi connectivity index (χ1v) is 9.57. The number of nitrogens with zero attached hydrogens (tertiary/aromatic N) is 4. The molecular weight excluding hydrogens is 350 g/mol. The minimum atomic E-state index is -0.0438. The second kappa shape index (κ2) is 7.43. The number of morpholine rings is 1. The van der Waals surface area contributed by atoms with Crippen molar-refractivity contribution in [2.75, 3.05) is 31.2 Å². The molecular formula is C18H21N5O2S. The lowest BCUT2D eigenvalue weighted by molar-refractivity contribution is 0.0548. The van der Waals surface area contributed by atoms with E-state index in [1.807, 2.05) is 11.0 Å². The summed E-state index contributed by atoms with van der Waals surface area (Å²) < 4.78 is 6.47. The van der Waals surface area contributed by atoms with Crippen molar-refractivity contribution in [2.24, 2.45) is 0 Å². The topological polar surface area (TPSA) is 74.4 Å². The molecule has 0 spiro atoms. The van der Waals surface area contributed by atoms with Crippen LogP contribution in [0.25, 0.3) is 10.2 Å². The molecule has 0 radical (unpaired) electrons. The number of hydrogen-bond acceptors (Lipinski definition) is 5. The second-order valence-corrected chi connectivity index (χ2v) is 7.21. The quantitative estimate of drug-likeness (QED) is 0.765. The number of anilines is 1. The molecule has 1 aliphatic heterocycles. The van der Waals surface area contributed by atoms with Gasteiger partial charge in [-0.2, -0.15) is 0 Å². The number of H-pyrrole nitrogens is 1. The molecule has 2 aromatic heterocycles. The molecule has 26 heavy (non-hydrogen) atoms. The Morgan fingerprint density at radius 1 is 1.38 bits per heavy atom. The zero-order valence-electron chi connectivity index (χ0n) is 14.6. The van der Waals surface area contributed by atoms with Crippen LogP contribution in [0.1, 0.15) is 18.2 Å². The Kier molecular flexibility index (Phi) is 4.85. The maximum atomic E-state index is 13.2. The van der Waals surface area contributed by atoms with Crippen molar-refractivity contribution in [2.45, 2.75) is 19.9 Å². The molecule has 1 N–H and O–H groups in total. The summed E-state index contributed by atoms with van der Waals surface area (Å²) in [6, 6.07) is 6.23. The zero-order chi connectivity index (χ0) is 17.9. The zero-order valence-corrected chi connectivity index (χ0v) is 15.5. The standard InChI is InChI=1S/C18H21N5O2S/c1-2-13-3-4-15-16(9-13)26-17(21-15)23(11-14-10-19-12-20-14)18(24)22-5-7-25-8-6-22/h3-4,9-10,12H,2,5-8,11H2,1H3,(H,19,20). The monoisotopic (exact) mass is 371 g/mol. The summed E-state index contributed by atoms with van der Waals surface area (Å²) in [5.41, 5.74) is 3.07. The van der Waals surface area contributed by atoms with Crippen LogP contribution in [0.3, 0.4) is 0 Å². The van der Waals surface area contributed by atoms with Crippen molar-refractivity contribution in [3.05, 3.63) is 42.0 Å². The van der Waals surface area contributed by atoms with Gasteiger partial charge < -0.3 is 14.6 Å². The van der Waals surface area contributed by atoms with Gasteiger partial charge in [-0.15, -0.1) is 0 Å².